The van der Waals surface area contributed by atoms with Crippen molar-refractivity contribution in [2.45, 2.75) is 32.9 Å². The van der Waals surface area contributed by atoms with Crippen molar-refractivity contribution < 1.29 is 9.47 Å². The van der Waals surface area contributed by atoms with Crippen molar-refractivity contribution in [3.63, 3.8) is 0 Å². The number of para-hydroxylation sites is 1. The van der Waals surface area contributed by atoms with E-state index in [-0.39, 0.29) is 0 Å². The molecule has 0 radical (unpaired) electrons. The lowest BCUT2D eigenvalue weighted by Gasteiger charge is -2.23. The molecule has 3 aromatic rings. The van der Waals surface area contributed by atoms with Gasteiger partial charge in [-0.25, -0.2) is 0 Å². The lowest BCUT2D eigenvalue weighted by Crippen LogP contribution is -2.24. The zero-order valence-corrected chi connectivity index (χ0v) is 17.5. The van der Waals surface area contributed by atoms with E-state index in [1.165, 1.54) is 11.1 Å². The molecule has 29 heavy (non-hydrogen) atoms. The highest BCUT2D eigenvalue weighted by Crippen LogP contribution is 2.32. The van der Waals surface area contributed by atoms with Crippen LogP contribution in [0.15, 0.2) is 78.9 Å². The minimum Gasteiger partial charge on any atom is -0.493 e. The largest absolute Gasteiger partial charge is 0.493 e. The van der Waals surface area contributed by atoms with E-state index < -0.39 is 0 Å². The standard InChI is InChI=1S/C26H31NO2/c1-3-27(19-11-16-22-12-6-4-7-13-22)20-24-17-10-18-25(28-2)26(24)29-21-23-14-8-5-9-15-23/h4-10,12-15,17-18H,3,11,16,19-21H2,1-2H3. The van der Waals surface area contributed by atoms with Gasteiger partial charge in [0, 0.05) is 12.1 Å². The summed E-state index contributed by atoms with van der Waals surface area (Å²) in [6.07, 6.45) is 2.24. The third-order valence-electron chi connectivity index (χ3n) is 5.13. The van der Waals surface area contributed by atoms with Crippen LogP contribution >= 0.6 is 0 Å². The van der Waals surface area contributed by atoms with E-state index in [1.807, 2.05) is 30.3 Å². The summed E-state index contributed by atoms with van der Waals surface area (Å²) in [7, 11) is 1.70. The Morgan fingerprint density at radius 1 is 0.793 bits per heavy atom. The molecule has 0 bridgehead atoms. The highest BCUT2D eigenvalue weighted by molar-refractivity contribution is 5.46. The molecule has 0 N–H and O–H groups in total. The van der Waals surface area contributed by atoms with E-state index in [2.05, 4.69) is 60.4 Å². The molecule has 0 heterocycles. The third-order valence-corrected chi connectivity index (χ3v) is 5.13. The number of benzene rings is 3. The summed E-state index contributed by atoms with van der Waals surface area (Å²) >= 11 is 0. The number of hydrogen-bond donors (Lipinski definition) is 0. The zero-order chi connectivity index (χ0) is 20.3. The van der Waals surface area contributed by atoms with E-state index in [4.69, 9.17) is 9.47 Å². The quantitative estimate of drug-likeness (QED) is 0.418. The summed E-state index contributed by atoms with van der Waals surface area (Å²) in [4.78, 5) is 2.47. The second kappa shape index (κ2) is 11.3. The molecule has 3 aromatic carbocycles. The number of methoxy groups -OCH3 is 1. The van der Waals surface area contributed by atoms with E-state index in [0.29, 0.717) is 6.61 Å². The van der Waals surface area contributed by atoms with E-state index in [1.54, 1.807) is 7.11 Å². The summed E-state index contributed by atoms with van der Waals surface area (Å²) in [5, 5.41) is 0. The molecule has 0 saturated heterocycles. The van der Waals surface area contributed by atoms with Gasteiger partial charge in [0.1, 0.15) is 6.61 Å². The Morgan fingerprint density at radius 3 is 2.14 bits per heavy atom. The van der Waals surface area contributed by atoms with Gasteiger partial charge in [-0.15, -0.1) is 0 Å². The van der Waals surface area contributed by atoms with Gasteiger partial charge < -0.3 is 9.47 Å². The zero-order valence-electron chi connectivity index (χ0n) is 17.5. The van der Waals surface area contributed by atoms with Gasteiger partial charge in [0.05, 0.1) is 7.11 Å². The second-order valence-corrected chi connectivity index (χ2v) is 7.18. The lowest BCUT2D eigenvalue weighted by atomic mass is 10.1. The van der Waals surface area contributed by atoms with Gasteiger partial charge in [0.25, 0.3) is 0 Å². The van der Waals surface area contributed by atoms with Crippen LogP contribution in [0.2, 0.25) is 0 Å². The van der Waals surface area contributed by atoms with Crippen molar-refractivity contribution in [3.05, 3.63) is 95.6 Å². The number of nitrogens with zero attached hydrogens (tertiary/aromatic N) is 1. The molecular weight excluding hydrogens is 358 g/mol. The van der Waals surface area contributed by atoms with Gasteiger partial charge in [-0.05, 0) is 43.1 Å². The van der Waals surface area contributed by atoms with Crippen molar-refractivity contribution in [1.29, 1.82) is 0 Å². The van der Waals surface area contributed by atoms with Crippen LogP contribution in [0.3, 0.4) is 0 Å². The molecule has 3 heteroatoms. The maximum atomic E-state index is 6.21. The lowest BCUT2D eigenvalue weighted by molar-refractivity contribution is 0.253. The van der Waals surface area contributed by atoms with Crippen molar-refractivity contribution in [1.82, 2.24) is 4.90 Å². The van der Waals surface area contributed by atoms with Crippen molar-refractivity contribution in [2.75, 3.05) is 20.2 Å². The molecule has 152 valence electrons. The van der Waals surface area contributed by atoms with Gasteiger partial charge in [-0.1, -0.05) is 79.7 Å². The molecule has 0 aliphatic rings. The van der Waals surface area contributed by atoms with Crippen molar-refractivity contribution in [2.24, 2.45) is 0 Å². The van der Waals surface area contributed by atoms with Crippen LogP contribution in [0.5, 0.6) is 11.5 Å². The van der Waals surface area contributed by atoms with E-state index in [9.17, 15) is 0 Å². The molecule has 0 unspecified atom stereocenters. The van der Waals surface area contributed by atoms with Crippen LogP contribution in [0, 0.1) is 0 Å². The molecule has 0 saturated carbocycles. The first-order chi connectivity index (χ1) is 14.3. The summed E-state index contributed by atoms with van der Waals surface area (Å²) in [5.74, 6) is 1.64. The highest BCUT2D eigenvalue weighted by atomic mass is 16.5. The Kier molecular flexibility index (Phi) is 8.14. The smallest absolute Gasteiger partial charge is 0.166 e. The molecule has 0 amide bonds. The van der Waals surface area contributed by atoms with Crippen LogP contribution in [0.4, 0.5) is 0 Å². The van der Waals surface area contributed by atoms with Crippen LogP contribution in [-0.2, 0) is 19.6 Å². The van der Waals surface area contributed by atoms with Crippen molar-refractivity contribution >= 4 is 0 Å². The monoisotopic (exact) mass is 389 g/mol. The fourth-order valence-corrected chi connectivity index (χ4v) is 3.48. The fourth-order valence-electron chi connectivity index (χ4n) is 3.48. The minimum absolute atomic E-state index is 0.536. The predicted octanol–water partition coefficient (Wildman–Crippen LogP) is 5.73. The predicted molar refractivity (Wildman–Crippen MR) is 119 cm³/mol. The average molecular weight is 390 g/mol. The van der Waals surface area contributed by atoms with E-state index in [0.717, 1.165) is 49.5 Å². The molecule has 0 aliphatic carbocycles. The first-order valence-corrected chi connectivity index (χ1v) is 10.4. The first kappa shape index (κ1) is 20.9. The summed E-state index contributed by atoms with van der Waals surface area (Å²) in [6, 6.07) is 27.1. The molecule has 0 aromatic heterocycles. The SMILES string of the molecule is CCN(CCCc1ccccc1)Cc1cccc(OC)c1OCc1ccccc1. The van der Waals surface area contributed by atoms with E-state index >= 15 is 0 Å². The Morgan fingerprint density at radius 2 is 1.48 bits per heavy atom. The average Bonchev–Trinajstić information content (AvgIpc) is 2.78. The topological polar surface area (TPSA) is 21.7 Å². The van der Waals surface area contributed by atoms with Gasteiger partial charge >= 0.3 is 0 Å². The number of aryl methyl sites for hydroxylation is 1. The molecule has 0 atom stereocenters. The number of hydrogen-bond acceptors (Lipinski definition) is 3. The number of ether oxygens (including phenoxy) is 2. The molecule has 3 rings (SSSR count). The summed E-state index contributed by atoms with van der Waals surface area (Å²) in [6.45, 7) is 5.67. The Labute approximate surface area is 174 Å². The van der Waals surface area contributed by atoms with Crippen LogP contribution in [0.25, 0.3) is 0 Å². The van der Waals surface area contributed by atoms with Gasteiger partial charge in [0.15, 0.2) is 11.5 Å². The van der Waals surface area contributed by atoms with Gasteiger partial charge in [-0.2, -0.15) is 0 Å². The maximum Gasteiger partial charge on any atom is 0.166 e. The van der Waals surface area contributed by atoms with Crippen LogP contribution in [0.1, 0.15) is 30.0 Å². The Bertz CT molecular complexity index is 849. The first-order valence-electron chi connectivity index (χ1n) is 10.4. The fraction of sp³-hybridized carbons (Fsp3) is 0.308. The normalized spacial score (nSPS) is 10.9. The van der Waals surface area contributed by atoms with Gasteiger partial charge in [-0.3, -0.25) is 4.90 Å². The number of rotatable bonds is 11. The van der Waals surface area contributed by atoms with Gasteiger partial charge in [0.2, 0.25) is 0 Å². The third kappa shape index (κ3) is 6.37. The summed E-state index contributed by atoms with van der Waals surface area (Å²) in [5.41, 5.74) is 3.72. The summed E-state index contributed by atoms with van der Waals surface area (Å²) < 4.78 is 11.8. The minimum atomic E-state index is 0.536. The Hall–Kier alpha value is -2.78. The molecular formula is C26H31NO2. The Balaban J connectivity index is 1.64. The maximum absolute atomic E-state index is 6.21. The highest BCUT2D eigenvalue weighted by Gasteiger charge is 2.14. The molecule has 0 fully saturated rings. The molecule has 0 spiro atoms. The molecule has 0 aliphatic heterocycles. The van der Waals surface area contributed by atoms with Crippen LogP contribution < -0.4 is 9.47 Å². The molecule has 3 nitrogen and oxygen atoms in total. The second-order valence-electron chi connectivity index (χ2n) is 7.18. The van der Waals surface area contributed by atoms with Crippen LogP contribution in [-0.4, -0.2) is 25.1 Å². The van der Waals surface area contributed by atoms with Crippen molar-refractivity contribution in [3.8, 4) is 11.5 Å².